The van der Waals surface area contributed by atoms with Crippen LogP contribution in [0.2, 0.25) is 0 Å². The van der Waals surface area contributed by atoms with Crippen LogP contribution in [0.25, 0.3) is 0 Å². The summed E-state index contributed by atoms with van der Waals surface area (Å²) in [4.78, 5) is 11.3. The smallest absolute Gasteiger partial charge is 0.227 e. The van der Waals surface area contributed by atoms with Gasteiger partial charge in [0.2, 0.25) is 5.91 Å². The van der Waals surface area contributed by atoms with Gasteiger partial charge in [-0.3, -0.25) is 4.79 Å². The molecule has 0 aliphatic rings. The Labute approximate surface area is 92.7 Å². The van der Waals surface area contributed by atoms with E-state index in [9.17, 15) is 4.79 Å². The third kappa shape index (κ3) is 4.15. The van der Waals surface area contributed by atoms with E-state index >= 15 is 0 Å². The molecule has 1 atom stereocenters. The second-order valence-corrected chi connectivity index (χ2v) is 3.25. The summed E-state index contributed by atoms with van der Waals surface area (Å²) in [6.45, 7) is 7.94. The van der Waals surface area contributed by atoms with E-state index in [-0.39, 0.29) is 11.8 Å². The maximum Gasteiger partial charge on any atom is 0.227 e. The van der Waals surface area contributed by atoms with E-state index in [2.05, 4.69) is 5.32 Å². The van der Waals surface area contributed by atoms with Crippen molar-refractivity contribution in [3.8, 4) is 0 Å². The molecule has 1 amide bonds. The fourth-order valence-electron chi connectivity index (χ4n) is 1.22. The lowest BCUT2D eigenvalue weighted by Gasteiger charge is -2.09. The fourth-order valence-corrected chi connectivity index (χ4v) is 1.22. The van der Waals surface area contributed by atoms with Gasteiger partial charge in [-0.2, -0.15) is 0 Å². The second kappa shape index (κ2) is 7.04. The van der Waals surface area contributed by atoms with Gasteiger partial charge in [-0.15, -0.1) is 0 Å². The largest absolute Gasteiger partial charge is 0.359 e. The number of carbonyl (C=O) groups excluding carboxylic acids is 1. The Morgan fingerprint density at radius 2 is 1.67 bits per heavy atom. The van der Waals surface area contributed by atoms with Crippen LogP contribution in [0.15, 0.2) is 24.3 Å². The maximum atomic E-state index is 11.3. The van der Waals surface area contributed by atoms with Crippen LogP contribution in [-0.4, -0.2) is 13.0 Å². The van der Waals surface area contributed by atoms with Crippen molar-refractivity contribution in [1.82, 2.24) is 5.32 Å². The molecule has 0 bridgehead atoms. The molecule has 0 fully saturated rings. The third-order valence-corrected chi connectivity index (χ3v) is 2.22. The summed E-state index contributed by atoms with van der Waals surface area (Å²) in [7, 11) is 1.66. The molecule has 84 valence electrons. The van der Waals surface area contributed by atoms with Crippen molar-refractivity contribution < 1.29 is 4.79 Å². The highest BCUT2D eigenvalue weighted by Crippen LogP contribution is 2.15. The molecule has 0 heterocycles. The van der Waals surface area contributed by atoms with Crippen molar-refractivity contribution in [2.24, 2.45) is 0 Å². The molecular formula is C13H21NO. The zero-order valence-corrected chi connectivity index (χ0v) is 10.3. The lowest BCUT2D eigenvalue weighted by Crippen LogP contribution is -2.23. The quantitative estimate of drug-likeness (QED) is 0.793. The lowest BCUT2D eigenvalue weighted by atomic mass is 9.99. The van der Waals surface area contributed by atoms with E-state index in [1.54, 1.807) is 7.05 Å². The summed E-state index contributed by atoms with van der Waals surface area (Å²) in [6, 6.07) is 8.04. The number of rotatable bonds is 2. The molecule has 15 heavy (non-hydrogen) atoms. The Morgan fingerprint density at radius 1 is 1.20 bits per heavy atom. The SMILES string of the molecule is CC.CNC(=O)C(C)c1ccc(C)cc1. The van der Waals surface area contributed by atoms with E-state index in [4.69, 9.17) is 0 Å². The van der Waals surface area contributed by atoms with Crippen LogP contribution in [-0.2, 0) is 4.79 Å². The monoisotopic (exact) mass is 207 g/mol. The van der Waals surface area contributed by atoms with Gasteiger partial charge in [0.25, 0.3) is 0 Å². The molecule has 0 aromatic heterocycles. The van der Waals surface area contributed by atoms with E-state index in [0.717, 1.165) is 5.56 Å². The summed E-state index contributed by atoms with van der Waals surface area (Å²) in [5, 5.41) is 2.64. The number of amides is 1. The van der Waals surface area contributed by atoms with Gasteiger partial charge in [0, 0.05) is 7.05 Å². The van der Waals surface area contributed by atoms with Gasteiger partial charge in [-0.05, 0) is 19.4 Å². The van der Waals surface area contributed by atoms with Crippen LogP contribution in [0.5, 0.6) is 0 Å². The van der Waals surface area contributed by atoms with Gasteiger partial charge in [-0.1, -0.05) is 43.7 Å². The maximum absolute atomic E-state index is 11.3. The molecule has 0 aliphatic heterocycles. The number of nitrogens with one attached hydrogen (secondary N) is 1. The first-order chi connectivity index (χ1) is 7.15. The van der Waals surface area contributed by atoms with Crippen LogP contribution in [0.1, 0.15) is 37.8 Å². The number of carbonyl (C=O) groups is 1. The number of aryl methyl sites for hydroxylation is 1. The molecular weight excluding hydrogens is 186 g/mol. The van der Waals surface area contributed by atoms with Crippen molar-refractivity contribution >= 4 is 5.91 Å². The standard InChI is InChI=1S/C11H15NO.C2H6/c1-8-4-6-10(7-5-8)9(2)11(13)12-3;1-2/h4-7,9H,1-3H3,(H,12,13);1-2H3. The van der Waals surface area contributed by atoms with Gasteiger partial charge in [0.15, 0.2) is 0 Å². The summed E-state index contributed by atoms with van der Waals surface area (Å²) < 4.78 is 0. The van der Waals surface area contributed by atoms with Gasteiger partial charge >= 0.3 is 0 Å². The number of hydrogen-bond acceptors (Lipinski definition) is 1. The minimum absolute atomic E-state index is 0.0591. The Kier molecular flexibility index (Phi) is 6.43. The number of likely N-dealkylation sites (N-methyl/N-ethyl adjacent to an activating group) is 1. The molecule has 0 radical (unpaired) electrons. The predicted octanol–water partition coefficient (Wildman–Crippen LogP) is 2.87. The van der Waals surface area contributed by atoms with E-state index in [1.807, 2.05) is 52.0 Å². The second-order valence-electron chi connectivity index (χ2n) is 3.25. The Hall–Kier alpha value is -1.31. The van der Waals surface area contributed by atoms with Crippen molar-refractivity contribution in [2.45, 2.75) is 33.6 Å². The highest BCUT2D eigenvalue weighted by molar-refractivity contribution is 5.82. The Balaban J connectivity index is 0.000000921. The molecule has 0 saturated carbocycles. The van der Waals surface area contributed by atoms with Gasteiger partial charge in [0.05, 0.1) is 5.92 Å². The molecule has 1 aromatic rings. The summed E-state index contributed by atoms with van der Waals surface area (Å²) in [5.41, 5.74) is 2.28. The van der Waals surface area contributed by atoms with Crippen LogP contribution in [0, 0.1) is 6.92 Å². The highest BCUT2D eigenvalue weighted by Gasteiger charge is 2.12. The van der Waals surface area contributed by atoms with Gasteiger partial charge < -0.3 is 5.32 Å². The van der Waals surface area contributed by atoms with Crippen LogP contribution in [0.4, 0.5) is 0 Å². The number of benzene rings is 1. The van der Waals surface area contributed by atoms with Crippen LogP contribution in [0.3, 0.4) is 0 Å². The Bertz CT molecular complexity index is 290. The first-order valence-electron chi connectivity index (χ1n) is 5.43. The fraction of sp³-hybridized carbons (Fsp3) is 0.462. The normalized spacial score (nSPS) is 11.0. The van der Waals surface area contributed by atoms with E-state index < -0.39 is 0 Å². The molecule has 1 aromatic carbocycles. The van der Waals surface area contributed by atoms with E-state index in [0.29, 0.717) is 0 Å². The van der Waals surface area contributed by atoms with Gasteiger partial charge in [-0.25, -0.2) is 0 Å². The molecule has 0 spiro atoms. The summed E-state index contributed by atoms with van der Waals surface area (Å²) in [5.74, 6) is -0.00514. The minimum Gasteiger partial charge on any atom is -0.359 e. The third-order valence-electron chi connectivity index (χ3n) is 2.22. The summed E-state index contributed by atoms with van der Waals surface area (Å²) in [6.07, 6.45) is 0. The van der Waals surface area contributed by atoms with Crippen LogP contribution >= 0.6 is 0 Å². The lowest BCUT2D eigenvalue weighted by molar-refractivity contribution is -0.121. The van der Waals surface area contributed by atoms with Crippen LogP contribution < -0.4 is 5.32 Å². The zero-order chi connectivity index (χ0) is 11.8. The molecule has 2 heteroatoms. The Morgan fingerprint density at radius 3 is 2.07 bits per heavy atom. The first kappa shape index (κ1) is 13.7. The molecule has 2 nitrogen and oxygen atoms in total. The zero-order valence-electron chi connectivity index (χ0n) is 10.3. The van der Waals surface area contributed by atoms with Crippen molar-refractivity contribution in [3.05, 3.63) is 35.4 Å². The highest BCUT2D eigenvalue weighted by atomic mass is 16.1. The first-order valence-corrected chi connectivity index (χ1v) is 5.43. The molecule has 0 aliphatic carbocycles. The van der Waals surface area contributed by atoms with Crippen molar-refractivity contribution in [2.75, 3.05) is 7.05 Å². The average molecular weight is 207 g/mol. The van der Waals surface area contributed by atoms with Crippen molar-refractivity contribution in [1.29, 1.82) is 0 Å². The topological polar surface area (TPSA) is 29.1 Å². The molecule has 1 N–H and O–H groups in total. The molecule has 0 saturated heterocycles. The van der Waals surface area contributed by atoms with Crippen molar-refractivity contribution in [3.63, 3.8) is 0 Å². The number of hydrogen-bond donors (Lipinski definition) is 1. The van der Waals surface area contributed by atoms with Gasteiger partial charge in [0.1, 0.15) is 0 Å². The van der Waals surface area contributed by atoms with E-state index in [1.165, 1.54) is 5.56 Å². The predicted molar refractivity (Wildman–Crippen MR) is 65.0 cm³/mol. The summed E-state index contributed by atoms with van der Waals surface area (Å²) >= 11 is 0. The minimum atomic E-state index is -0.0643. The molecule has 1 unspecified atom stereocenters. The average Bonchev–Trinajstić information content (AvgIpc) is 2.31. The molecule has 1 rings (SSSR count).